The molecular formula is C15H18N4O3S. The largest absolute Gasteiger partial charge is 0.455 e. The molecule has 3 rings (SSSR count). The summed E-state index contributed by atoms with van der Waals surface area (Å²) in [6, 6.07) is 3.53. The Bertz CT molecular complexity index is 737. The topological polar surface area (TPSA) is 91.2 Å². The molecule has 0 aliphatic carbocycles. The molecule has 1 aliphatic rings. The molecule has 2 N–H and O–H groups in total. The van der Waals surface area contributed by atoms with Crippen LogP contribution in [-0.2, 0) is 18.7 Å². The smallest absolute Gasteiger partial charge is 0.289 e. The lowest BCUT2D eigenvalue weighted by Gasteiger charge is -2.26. The third-order valence-corrected chi connectivity index (χ3v) is 4.40. The highest BCUT2D eigenvalue weighted by atomic mass is 32.2. The Labute approximate surface area is 137 Å². The predicted molar refractivity (Wildman–Crippen MR) is 86.3 cm³/mol. The van der Waals surface area contributed by atoms with E-state index < -0.39 is 0 Å². The number of H-pyrrole nitrogens is 1. The summed E-state index contributed by atoms with van der Waals surface area (Å²) in [5.74, 6) is 1.44. The van der Waals surface area contributed by atoms with Crippen LogP contribution >= 0.6 is 11.8 Å². The quantitative estimate of drug-likeness (QED) is 0.882. The molecule has 0 atom stereocenters. The summed E-state index contributed by atoms with van der Waals surface area (Å²) in [7, 11) is 1.56. The van der Waals surface area contributed by atoms with Crippen molar-refractivity contribution in [2.75, 3.05) is 19.8 Å². The van der Waals surface area contributed by atoms with E-state index in [9.17, 15) is 9.59 Å². The third-order valence-electron chi connectivity index (χ3n) is 3.82. The van der Waals surface area contributed by atoms with Crippen molar-refractivity contribution in [2.24, 2.45) is 0 Å². The number of fused-ring (bicyclic) bond motifs is 1. The van der Waals surface area contributed by atoms with Crippen molar-refractivity contribution in [1.29, 1.82) is 0 Å². The minimum Gasteiger partial charge on any atom is -0.455 e. The number of rotatable bonds is 4. The van der Waals surface area contributed by atoms with Gasteiger partial charge in [0, 0.05) is 31.3 Å². The molecule has 2 amide bonds. The number of nitrogens with one attached hydrogen (secondary N) is 2. The molecule has 8 heteroatoms. The zero-order valence-electron chi connectivity index (χ0n) is 13.0. The molecule has 1 aliphatic heterocycles. The number of aromatic amines is 1. The molecule has 0 radical (unpaired) electrons. The SMILES string of the molecule is CNC(=O)c1n[nH]c2c1CN(C(=O)c1ccc(CSC)o1)CC2. The number of amides is 2. The van der Waals surface area contributed by atoms with Gasteiger partial charge < -0.3 is 14.6 Å². The number of carbonyl (C=O) groups is 2. The van der Waals surface area contributed by atoms with Crippen LogP contribution in [0.25, 0.3) is 0 Å². The maximum atomic E-state index is 12.6. The molecule has 0 bridgehead atoms. The molecule has 2 aromatic rings. The van der Waals surface area contributed by atoms with Gasteiger partial charge >= 0.3 is 0 Å². The summed E-state index contributed by atoms with van der Waals surface area (Å²) < 4.78 is 5.59. The van der Waals surface area contributed by atoms with Gasteiger partial charge in [-0.25, -0.2) is 0 Å². The Hall–Kier alpha value is -2.22. The molecule has 2 aromatic heterocycles. The summed E-state index contributed by atoms with van der Waals surface area (Å²) >= 11 is 1.64. The first kappa shape index (κ1) is 15.7. The van der Waals surface area contributed by atoms with E-state index in [0.717, 1.165) is 22.8 Å². The van der Waals surface area contributed by atoms with Crippen molar-refractivity contribution in [3.05, 3.63) is 40.6 Å². The van der Waals surface area contributed by atoms with Crippen LogP contribution in [0.4, 0.5) is 0 Å². The lowest BCUT2D eigenvalue weighted by atomic mass is 10.0. The number of aromatic nitrogens is 2. The second-order valence-corrected chi connectivity index (χ2v) is 6.15. The maximum Gasteiger partial charge on any atom is 0.289 e. The van der Waals surface area contributed by atoms with Crippen LogP contribution in [0.15, 0.2) is 16.5 Å². The van der Waals surface area contributed by atoms with Gasteiger partial charge in [-0.2, -0.15) is 16.9 Å². The van der Waals surface area contributed by atoms with E-state index >= 15 is 0 Å². The summed E-state index contributed by atoms with van der Waals surface area (Å²) in [5, 5.41) is 9.51. The van der Waals surface area contributed by atoms with Gasteiger partial charge in [-0.15, -0.1) is 0 Å². The number of hydrogen-bond donors (Lipinski definition) is 2. The highest BCUT2D eigenvalue weighted by Crippen LogP contribution is 2.23. The van der Waals surface area contributed by atoms with Gasteiger partial charge in [0.1, 0.15) is 5.76 Å². The van der Waals surface area contributed by atoms with Gasteiger partial charge in [0.15, 0.2) is 11.5 Å². The average Bonchev–Trinajstić information content (AvgIpc) is 3.20. The summed E-state index contributed by atoms with van der Waals surface area (Å²) in [4.78, 5) is 26.1. The van der Waals surface area contributed by atoms with Gasteiger partial charge in [0.2, 0.25) is 0 Å². The Balaban J connectivity index is 1.79. The Morgan fingerprint density at radius 3 is 3.04 bits per heavy atom. The van der Waals surface area contributed by atoms with E-state index in [1.165, 1.54) is 0 Å². The maximum absolute atomic E-state index is 12.6. The molecule has 0 spiro atoms. The normalized spacial score (nSPS) is 13.7. The molecule has 0 aromatic carbocycles. The van der Waals surface area contributed by atoms with Crippen LogP contribution in [0.2, 0.25) is 0 Å². The van der Waals surface area contributed by atoms with E-state index in [0.29, 0.717) is 31.0 Å². The molecule has 0 saturated carbocycles. The first-order valence-corrected chi connectivity index (χ1v) is 8.68. The molecule has 0 fully saturated rings. The summed E-state index contributed by atoms with van der Waals surface area (Å²) in [6.07, 6.45) is 2.62. The average molecular weight is 334 g/mol. The Morgan fingerprint density at radius 2 is 2.30 bits per heavy atom. The Morgan fingerprint density at radius 1 is 1.48 bits per heavy atom. The van der Waals surface area contributed by atoms with Crippen molar-refractivity contribution >= 4 is 23.6 Å². The number of hydrogen-bond acceptors (Lipinski definition) is 5. The molecular weight excluding hydrogens is 316 g/mol. The fourth-order valence-corrected chi connectivity index (χ4v) is 3.08. The van der Waals surface area contributed by atoms with Crippen LogP contribution < -0.4 is 5.32 Å². The fourth-order valence-electron chi connectivity index (χ4n) is 2.64. The van der Waals surface area contributed by atoms with E-state index in [-0.39, 0.29) is 11.8 Å². The highest BCUT2D eigenvalue weighted by molar-refractivity contribution is 7.97. The van der Waals surface area contributed by atoms with Crippen molar-refractivity contribution in [3.8, 4) is 0 Å². The van der Waals surface area contributed by atoms with E-state index in [1.54, 1.807) is 29.8 Å². The van der Waals surface area contributed by atoms with Crippen LogP contribution in [0.5, 0.6) is 0 Å². The van der Waals surface area contributed by atoms with Crippen molar-refractivity contribution in [1.82, 2.24) is 20.4 Å². The zero-order chi connectivity index (χ0) is 16.4. The number of thioether (sulfide) groups is 1. The first-order valence-electron chi connectivity index (χ1n) is 7.29. The first-order chi connectivity index (χ1) is 11.1. The van der Waals surface area contributed by atoms with E-state index in [2.05, 4.69) is 15.5 Å². The molecule has 0 unspecified atom stereocenters. The fraction of sp³-hybridized carbons (Fsp3) is 0.400. The number of nitrogens with zero attached hydrogens (tertiary/aromatic N) is 2. The van der Waals surface area contributed by atoms with Crippen LogP contribution in [0.1, 0.15) is 38.1 Å². The Kier molecular flexibility index (Phi) is 4.42. The lowest BCUT2D eigenvalue weighted by molar-refractivity contribution is 0.0698. The van der Waals surface area contributed by atoms with Gasteiger partial charge in [0.25, 0.3) is 11.8 Å². The third kappa shape index (κ3) is 2.98. The highest BCUT2D eigenvalue weighted by Gasteiger charge is 2.29. The minimum absolute atomic E-state index is 0.160. The predicted octanol–water partition coefficient (Wildman–Crippen LogP) is 1.42. The van der Waals surface area contributed by atoms with Crippen LogP contribution in [0.3, 0.4) is 0 Å². The van der Waals surface area contributed by atoms with Crippen molar-refractivity contribution in [2.45, 2.75) is 18.7 Å². The molecule has 23 heavy (non-hydrogen) atoms. The molecule has 0 saturated heterocycles. The number of carbonyl (C=O) groups excluding carboxylic acids is 2. The standard InChI is InChI=1S/C15H18N4O3S/c1-16-14(20)13-10-7-19(6-5-11(10)17-18-13)15(21)12-4-3-9(22-12)8-23-2/h3-4H,5-8H2,1-2H3,(H,16,20)(H,17,18). The monoisotopic (exact) mass is 334 g/mol. The zero-order valence-corrected chi connectivity index (χ0v) is 13.8. The minimum atomic E-state index is -0.253. The van der Waals surface area contributed by atoms with E-state index in [4.69, 9.17) is 4.42 Å². The molecule has 3 heterocycles. The molecule has 7 nitrogen and oxygen atoms in total. The van der Waals surface area contributed by atoms with Gasteiger partial charge in [0.05, 0.1) is 12.3 Å². The number of furan rings is 1. The second kappa shape index (κ2) is 6.49. The summed E-state index contributed by atoms with van der Waals surface area (Å²) in [5.41, 5.74) is 2.04. The van der Waals surface area contributed by atoms with Gasteiger partial charge in [-0.3, -0.25) is 14.7 Å². The molecule has 122 valence electrons. The van der Waals surface area contributed by atoms with E-state index in [1.807, 2.05) is 12.3 Å². The van der Waals surface area contributed by atoms with Crippen molar-refractivity contribution in [3.63, 3.8) is 0 Å². The second-order valence-electron chi connectivity index (χ2n) is 5.28. The lowest BCUT2D eigenvalue weighted by Crippen LogP contribution is -2.36. The van der Waals surface area contributed by atoms with Gasteiger partial charge in [-0.1, -0.05) is 0 Å². The van der Waals surface area contributed by atoms with Crippen LogP contribution in [-0.4, -0.2) is 46.8 Å². The van der Waals surface area contributed by atoms with Gasteiger partial charge in [-0.05, 0) is 18.4 Å². The summed E-state index contributed by atoms with van der Waals surface area (Å²) in [6.45, 7) is 0.922. The van der Waals surface area contributed by atoms with Crippen LogP contribution in [0, 0.1) is 0 Å². The van der Waals surface area contributed by atoms with Crippen molar-refractivity contribution < 1.29 is 14.0 Å².